The third-order valence-electron chi connectivity index (χ3n) is 7.58. The van der Waals surface area contributed by atoms with Gasteiger partial charge in [0, 0.05) is 23.3 Å². The van der Waals surface area contributed by atoms with E-state index in [9.17, 15) is 0 Å². The van der Waals surface area contributed by atoms with E-state index in [1.807, 2.05) is 18.3 Å². The first-order valence-corrected chi connectivity index (χ1v) is 13.5. The van der Waals surface area contributed by atoms with E-state index >= 15 is 0 Å². The van der Waals surface area contributed by atoms with Crippen LogP contribution >= 0.6 is 12.2 Å². The van der Waals surface area contributed by atoms with Crippen LogP contribution in [0.25, 0.3) is 5.69 Å². The average molecular weight is 509 g/mol. The second-order valence-corrected chi connectivity index (χ2v) is 11.0. The first-order chi connectivity index (χ1) is 17.7. The minimum absolute atomic E-state index is 0.0293. The molecule has 3 heterocycles. The highest BCUT2D eigenvalue weighted by Crippen LogP contribution is 2.44. The van der Waals surface area contributed by atoms with Crippen molar-refractivity contribution in [3.63, 3.8) is 0 Å². The molecule has 1 aliphatic heterocycles. The number of pyridine rings is 1. The van der Waals surface area contributed by atoms with E-state index in [-0.39, 0.29) is 12.1 Å². The third-order valence-corrected chi connectivity index (χ3v) is 7.90. The van der Waals surface area contributed by atoms with Crippen molar-refractivity contribution in [1.29, 1.82) is 0 Å². The van der Waals surface area contributed by atoms with Crippen LogP contribution in [0.2, 0.25) is 0 Å². The fourth-order valence-electron chi connectivity index (χ4n) is 5.93. The maximum atomic E-state index is 5.97. The number of aromatic nitrogens is 2. The number of hydrogen-bond acceptors (Lipinski definition) is 2. The molecule has 2 aromatic carbocycles. The number of aryl methyl sites for hydroxylation is 4. The van der Waals surface area contributed by atoms with Crippen LogP contribution in [0, 0.1) is 34.6 Å². The van der Waals surface area contributed by atoms with Crippen LogP contribution in [-0.2, 0) is 0 Å². The van der Waals surface area contributed by atoms with E-state index in [2.05, 4.69) is 112 Å². The molecule has 0 bridgehead atoms. The number of nitrogens with one attached hydrogen (secondary N) is 1. The van der Waals surface area contributed by atoms with Crippen molar-refractivity contribution in [2.24, 2.45) is 0 Å². The Morgan fingerprint density at radius 3 is 2.16 bits per heavy atom. The van der Waals surface area contributed by atoms with Crippen LogP contribution in [0.5, 0.6) is 0 Å². The molecule has 4 nitrogen and oxygen atoms in total. The van der Waals surface area contributed by atoms with Crippen molar-refractivity contribution < 1.29 is 0 Å². The first-order valence-electron chi connectivity index (χ1n) is 13.0. The number of nitrogens with zero attached hydrogens (tertiary/aromatic N) is 3. The van der Waals surface area contributed by atoms with Gasteiger partial charge in [0.15, 0.2) is 5.11 Å². The molecule has 0 radical (unpaired) electrons. The molecule has 5 heteroatoms. The largest absolute Gasteiger partial charge is 0.351 e. The lowest BCUT2D eigenvalue weighted by atomic mass is 9.96. The molecule has 1 aliphatic rings. The molecule has 1 saturated heterocycles. The molecule has 1 N–H and O–H groups in total. The molecular formula is C32H36N4S. The average Bonchev–Trinajstić information content (AvgIpc) is 3.35. The van der Waals surface area contributed by atoms with Gasteiger partial charge in [-0.05, 0) is 105 Å². The molecule has 190 valence electrons. The normalized spacial score (nSPS) is 17.5. The van der Waals surface area contributed by atoms with Crippen molar-refractivity contribution in [2.45, 2.75) is 66.5 Å². The number of hydrogen-bond donors (Lipinski definition) is 1. The van der Waals surface area contributed by atoms with Crippen LogP contribution < -0.4 is 10.2 Å². The highest BCUT2D eigenvalue weighted by atomic mass is 32.1. The lowest BCUT2D eigenvalue weighted by molar-refractivity contribution is 0.565. The second-order valence-electron chi connectivity index (χ2n) is 10.7. The minimum Gasteiger partial charge on any atom is -0.351 e. The summed E-state index contributed by atoms with van der Waals surface area (Å²) >= 11 is 5.97. The standard InChI is InChI=1S/C32H36N4S/c1-19(2)25-11-13-26(14-12-25)36-31(29(34-32(36)37)28-10-8-9-15-33-28)27-18-23(6)35(24(27)7)30-21(4)16-20(3)17-22(30)5/h8-19,29,31H,1-7H3,(H,34,37). The van der Waals surface area contributed by atoms with Crippen LogP contribution in [-0.4, -0.2) is 14.7 Å². The van der Waals surface area contributed by atoms with Gasteiger partial charge in [-0.2, -0.15) is 0 Å². The predicted molar refractivity (Wildman–Crippen MR) is 158 cm³/mol. The van der Waals surface area contributed by atoms with Gasteiger partial charge < -0.3 is 14.8 Å². The van der Waals surface area contributed by atoms with Crippen LogP contribution in [0.4, 0.5) is 5.69 Å². The topological polar surface area (TPSA) is 33.1 Å². The Kier molecular flexibility index (Phi) is 6.67. The summed E-state index contributed by atoms with van der Waals surface area (Å²) in [6.07, 6.45) is 1.86. The number of thiocarbonyl (C=S) groups is 1. The summed E-state index contributed by atoms with van der Waals surface area (Å²) < 4.78 is 2.41. The minimum atomic E-state index is -0.0624. The lowest BCUT2D eigenvalue weighted by Gasteiger charge is -2.28. The van der Waals surface area contributed by atoms with Gasteiger partial charge >= 0.3 is 0 Å². The molecule has 1 fully saturated rings. The summed E-state index contributed by atoms with van der Waals surface area (Å²) in [7, 11) is 0. The molecule has 0 aliphatic carbocycles. The molecule has 2 unspecified atom stereocenters. The number of rotatable bonds is 5. The Bertz CT molecular complexity index is 1430. The van der Waals surface area contributed by atoms with Gasteiger partial charge in [-0.1, -0.05) is 49.7 Å². The van der Waals surface area contributed by atoms with E-state index in [0.29, 0.717) is 5.92 Å². The van der Waals surface area contributed by atoms with E-state index in [0.717, 1.165) is 16.5 Å². The lowest BCUT2D eigenvalue weighted by Crippen LogP contribution is -2.29. The van der Waals surface area contributed by atoms with E-state index < -0.39 is 0 Å². The summed E-state index contributed by atoms with van der Waals surface area (Å²) in [5.41, 5.74) is 12.2. The van der Waals surface area contributed by atoms with Crippen molar-refractivity contribution in [1.82, 2.24) is 14.9 Å². The quantitative estimate of drug-likeness (QED) is 0.280. The van der Waals surface area contributed by atoms with Gasteiger partial charge in [-0.25, -0.2) is 0 Å². The van der Waals surface area contributed by atoms with Crippen molar-refractivity contribution >= 4 is 23.0 Å². The van der Waals surface area contributed by atoms with E-state index in [1.165, 1.54) is 44.9 Å². The third kappa shape index (κ3) is 4.46. The van der Waals surface area contributed by atoms with Crippen LogP contribution in [0.1, 0.15) is 76.7 Å². The zero-order chi connectivity index (χ0) is 26.4. The molecule has 2 atom stereocenters. The fraction of sp³-hybridized carbons (Fsp3) is 0.312. The predicted octanol–water partition coefficient (Wildman–Crippen LogP) is 7.71. The summed E-state index contributed by atoms with van der Waals surface area (Å²) in [4.78, 5) is 7.01. The fourth-order valence-corrected chi connectivity index (χ4v) is 6.27. The molecule has 0 amide bonds. The number of anilines is 1. The molecule has 4 aromatic rings. The summed E-state index contributed by atoms with van der Waals surface area (Å²) in [6, 6.07) is 21.7. The second kappa shape index (κ2) is 9.79. The number of benzene rings is 2. The highest BCUT2D eigenvalue weighted by Gasteiger charge is 2.42. The van der Waals surface area contributed by atoms with Crippen molar-refractivity contribution in [3.05, 3.63) is 112 Å². The summed E-state index contributed by atoms with van der Waals surface area (Å²) in [6.45, 7) is 15.5. The zero-order valence-electron chi connectivity index (χ0n) is 22.8. The molecule has 0 spiro atoms. The Labute approximate surface area is 226 Å². The molecule has 5 rings (SSSR count). The van der Waals surface area contributed by atoms with Crippen molar-refractivity contribution in [3.8, 4) is 5.69 Å². The van der Waals surface area contributed by atoms with Gasteiger partial charge in [0.1, 0.15) is 0 Å². The molecule has 37 heavy (non-hydrogen) atoms. The Morgan fingerprint density at radius 2 is 1.57 bits per heavy atom. The van der Waals surface area contributed by atoms with Crippen LogP contribution in [0.3, 0.4) is 0 Å². The summed E-state index contributed by atoms with van der Waals surface area (Å²) in [5, 5.41) is 4.34. The maximum Gasteiger partial charge on any atom is 0.174 e. The van der Waals surface area contributed by atoms with Gasteiger partial charge in [0.2, 0.25) is 0 Å². The molecule has 0 saturated carbocycles. The van der Waals surface area contributed by atoms with Crippen molar-refractivity contribution in [2.75, 3.05) is 4.90 Å². The van der Waals surface area contributed by atoms with Crippen LogP contribution in [0.15, 0.2) is 66.9 Å². The molecule has 2 aromatic heterocycles. The molecular weight excluding hydrogens is 472 g/mol. The summed E-state index contributed by atoms with van der Waals surface area (Å²) in [5.74, 6) is 0.481. The SMILES string of the molecule is Cc1cc(C)c(-n2c(C)cc(C3C(c4ccccn4)NC(=S)N3c3ccc(C(C)C)cc3)c2C)c(C)c1. The van der Waals surface area contributed by atoms with Gasteiger partial charge in [-0.15, -0.1) is 0 Å². The van der Waals surface area contributed by atoms with Gasteiger partial charge in [0.05, 0.1) is 23.5 Å². The highest BCUT2D eigenvalue weighted by molar-refractivity contribution is 7.80. The Morgan fingerprint density at radius 1 is 0.892 bits per heavy atom. The van der Waals surface area contributed by atoms with E-state index in [4.69, 9.17) is 17.2 Å². The monoisotopic (exact) mass is 508 g/mol. The maximum absolute atomic E-state index is 5.97. The Hall–Kier alpha value is -3.44. The zero-order valence-corrected chi connectivity index (χ0v) is 23.6. The smallest absolute Gasteiger partial charge is 0.174 e. The van der Waals surface area contributed by atoms with Gasteiger partial charge in [-0.3, -0.25) is 4.98 Å². The van der Waals surface area contributed by atoms with Gasteiger partial charge in [0.25, 0.3) is 0 Å². The Balaban J connectivity index is 1.69. The van der Waals surface area contributed by atoms with E-state index in [1.54, 1.807) is 0 Å². The first kappa shape index (κ1) is 25.2.